The summed E-state index contributed by atoms with van der Waals surface area (Å²) < 4.78 is 5.32. The van der Waals surface area contributed by atoms with Gasteiger partial charge in [-0.25, -0.2) is 4.98 Å². The van der Waals surface area contributed by atoms with Gasteiger partial charge in [0.2, 0.25) is 0 Å². The first-order valence-electron chi connectivity index (χ1n) is 8.15. The highest BCUT2D eigenvalue weighted by Gasteiger charge is 2.04. The van der Waals surface area contributed by atoms with Crippen molar-refractivity contribution in [3.8, 4) is 11.3 Å². The minimum atomic E-state index is 0.807. The van der Waals surface area contributed by atoms with Crippen LogP contribution in [0.25, 0.3) is 11.3 Å². The average Bonchev–Trinajstić information content (AvgIpc) is 3.03. The van der Waals surface area contributed by atoms with E-state index < -0.39 is 0 Å². The van der Waals surface area contributed by atoms with Crippen LogP contribution in [0.5, 0.6) is 0 Å². The number of benzene rings is 1. The molecular formula is C18H26N2OS. The molecule has 1 aromatic carbocycles. The van der Waals surface area contributed by atoms with Gasteiger partial charge in [0.25, 0.3) is 0 Å². The van der Waals surface area contributed by atoms with Crippen LogP contribution in [0, 0.1) is 0 Å². The van der Waals surface area contributed by atoms with E-state index in [-0.39, 0.29) is 0 Å². The molecule has 0 fully saturated rings. The Hall–Kier alpha value is -1.23. The molecule has 0 radical (unpaired) electrons. The van der Waals surface area contributed by atoms with Crippen LogP contribution in [0.3, 0.4) is 0 Å². The minimum absolute atomic E-state index is 0.807. The average molecular weight is 318 g/mol. The highest BCUT2D eigenvalue weighted by Crippen LogP contribution is 2.22. The molecular weight excluding hydrogens is 292 g/mol. The second-order valence-corrected chi connectivity index (χ2v) is 6.17. The van der Waals surface area contributed by atoms with Gasteiger partial charge in [0.05, 0.1) is 10.7 Å². The lowest BCUT2D eigenvalue weighted by atomic mass is 10.1. The lowest BCUT2D eigenvalue weighted by molar-refractivity contribution is 0.145. The van der Waals surface area contributed by atoms with Crippen molar-refractivity contribution in [2.24, 2.45) is 0 Å². The first-order chi connectivity index (χ1) is 10.8. The molecule has 0 atom stereocenters. The van der Waals surface area contributed by atoms with E-state index in [0.29, 0.717) is 0 Å². The molecule has 0 unspecified atom stereocenters. The molecule has 0 aliphatic heterocycles. The molecule has 1 aromatic heterocycles. The fourth-order valence-corrected chi connectivity index (χ4v) is 3.04. The molecule has 22 heavy (non-hydrogen) atoms. The molecule has 0 aliphatic rings. The summed E-state index contributed by atoms with van der Waals surface area (Å²) in [6.45, 7) is 7.85. The zero-order valence-electron chi connectivity index (χ0n) is 13.6. The third kappa shape index (κ3) is 5.52. The molecule has 3 nitrogen and oxygen atoms in total. The fraction of sp³-hybridized carbons (Fsp3) is 0.500. The molecule has 0 saturated carbocycles. The van der Waals surface area contributed by atoms with Crippen molar-refractivity contribution >= 4 is 11.3 Å². The summed E-state index contributed by atoms with van der Waals surface area (Å²) in [5.41, 5.74) is 3.68. The van der Waals surface area contributed by atoms with Gasteiger partial charge in [0, 0.05) is 37.1 Å². The van der Waals surface area contributed by atoms with Gasteiger partial charge in [0.15, 0.2) is 0 Å². The smallest absolute Gasteiger partial charge is 0.0945 e. The number of nitrogens with one attached hydrogen (secondary N) is 1. The van der Waals surface area contributed by atoms with Gasteiger partial charge < -0.3 is 10.1 Å². The fourth-order valence-electron chi connectivity index (χ4n) is 2.23. The van der Waals surface area contributed by atoms with E-state index in [1.807, 2.05) is 6.92 Å². The number of hydrogen-bond donors (Lipinski definition) is 1. The Bertz CT molecular complexity index is 536. The Balaban J connectivity index is 1.74. The van der Waals surface area contributed by atoms with Crippen LogP contribution in [-0.2, 0) is 17.6 Å². The second kappa shape index (κ2) is 9.72. The minimum Gasteiger partial charge on any atom is -0.382 e. The largest absolute Gasteiger partial charge is 0.382 e. The third-order valence-corrected chi connectivity index (χ3v) is 4.48. The number of rotatable bonds is 10. The SMILES string of the molecule is CCOCCCNCCc1nc(-c2ccc(CC)cc2)cs1. The highest BCUT2D eigenvalue weighted by molar-refractivity contribution is 7.09. The Morgan fingerprint density at radius 1 is 1.14 bits per heavy atom. The zero-order chi connectivity index (χ0) is 15.6. The Kier molecular flexibility index (Phi) is 7.57. The molecule has 0 amide bonds. The molecule has 4 heteroatoms. The number of ether oxygens (including phenoxy) is 1. The van der Waals surface area contributed by atoms with E-state index in [9.17, 15) is 0 Å². The monoisotopic (exact) mass is 318 g/mol. The lowest BCUT2D eigenvalue weighted by Crippen LogP contribution is -2.19. The van der Waals surface area contributed by atoms with Crippen LogP contribution < -0.4 is 5.32 Å². The summed E-state index contributed by atoms with van der Waals surface area (Å²) in [7, 11) is 0. The topological polar surface area (TPSA) is 34.1 Å². The Morgan fingerprint density at radius 3 is 2.68 bits per heavy atom. The Morgan fingerprint density at radius 2 is 1.95 bits per heavy atom. The van der Waals surface area contributed by atoms with Gasteiger partial charge in [-0.2, -0.15) is 0 Å². The van der Waals surface area contributed by atoms with Crippen LogP contribution in [0.4, 0.5) is 0 Å². The van der Waals surface area contributed by atoms with Gasteiger partial charge in [0.1, 0.15) is 0 Å². The summed E-state index contributed by atoms with van der Waals surface area (Å²) >= 11 is 1.75. The molecule has 120 valence electrons. The number of aryl methyl sites for hydroxylation is 1. The number of hydrogen-bond acceptors (Lipinski definition) is 4. The molecule has 0 bridgehead atoms. The van der Waals surface area contributed by atoms with Crippen LogP contribution in [0.1, 0.15) is 30.8 Å². The second-order valence-electron chi connectivity index (χ2n) is 5.23. The van der Waals surface area contributed by atoms with Gasteiger partial charge >= 0.3 is 0 Å². The van der Waals surface area contributed by atoms with Gasteiger partial charge in [-0.05, 0) is 31.9 Å². The summed E-state index contributed by atoms with van der Waals surface area (Å²) in [6, 6.07) is 8.72. The van der Waals surface area contributed by atoms with Crippen molar-refractivity contribution in [3.63, 3.8) is 0 Å². The summed E-state index contributed by atoms with van der Waals surface area (Å²) in [5.74, 6) is 0. The van der Waals surface area contributed by atoms with Crippen molar-refractivity contribution in [3.05, 3.63) is 40.2 Å². The first-order valence-corrected chi connectivity index (χ1v) is 9.03. The zero-order valence-corrected chi connectivity index (χ0v) is 14.4. The molecule has 2 aromatic rings. The number of thiazole rings is 1. The summed E-state index contributed by atoms with van der Waals surface area (Å²) in [5, 5.41) is 6.80. The standard InChI is InChI=1S/C18H26N2OS/c1-3-15-6-8-16(9-7-15)17-14-22-18(20-17)10-12-19-11-5-13-21-4-2/h6-9,14,19H,3-5,10-13H2,1-2H3. The van der Waals surface area contributed by atoms with Crippen molar-refractivity contribution in [1.29, 1.82) is 0 Å². The molecule has 1 heterocycles. The van der Waals surface area contributed by atoms with Crippen LogP contribution in [-0.4, -0.2) is 31.3 Å². The maximum atomic E-state index is 5.32. The molecule has 0 aliphatic carbocycles. The van der Waals surface area contributed by atoms with Crippen molar-refractivity contribution in [1.82, 2.24) is 10.3 Å². The first kappa shape index (κ1) is 17.1. The normalized spacial score (nSPS) is 11.0. The van der Waals surface area contributed by atoms with Gasteiger partial charge in [-0.1, -0.05) is 31.2 Å². The maximum absolute atomic E-state index is 5.32. The highest BCUT2D eigenvalue weighted by atomic mass is 32.1. The molecule has 0 spiro atoms. The molecule has 2 rings (SSSR count). The van der Waals surface area contributed by atoms with E-state index in [1.54, 1.807) is 11.3 Å². The lowest BCUT2D eigenvalue weighted by Gasteiger charge is -2.03. The number of aromatic nitrogens is 1. The van der Waals surface area contributed by atoms with Crippen molar-refractivity contribution < 1.29 is 4.74 Å². The maximum Gasteiger partial charge on any atom is 0.0945 e. The van der Waals surface area contributed by atoms with Crippen LogP contribution in [0.2, 0.25) is 0 Å². The van der Waals surface area contributed by atoms with Crippen molar-refractivity contribution in [2.75, 3.05) is 26.3 Å². The third-order valence-electron chi connectivity index (χ3n) is 3.57. The van der Waals surface area contributed by atoms with E-state index >= 15 is 0 Å². The van der Waals surface area contributed by atoms with Gasteiger partial charge in [-0.3, -0.25) is 0 Å². The number of nitrogens with zero attached hydrogens (tertiary/aromatic N) is 1. The van der Waals surface area contributed by atoms with Crippen molar-refractivity contribution in [2.45, 2.75) is 33.1 Å². The summed E-state index contributed by atoms with van der Waals surface area (Å²) in [6.07, 6.45) is 3.14. The summed E-state index contributed by atoms with van der Waals surface area (Å²) in [4.78, 5) is 4.74. The van der Waals surface area contributed by atoms with E-state index in [2.05, 4.69) is 41.9 Å². The Labute approximate surface area is 137 Å². The van der Waals surface area contributed by atoms with E-state index in [1.165, 1.54) is 16.1 Å². The van der Waals surface area contributed by atoms with Crippen LogP contribution in [0.15, 0.2) is 29.6 Å². The van der Waals surface area contributed by atoms with E-state index in [4.69, 9.17) is 9.72 Å². The molecule has 1 N–H and O–H groups in total. The van der Waals surface area contributed by atoms with Crippen LogP contribution >= 0.6 is 11.3 Å². The predicted molar refractivity (Wildman–Crippen MR) is 94.6 cm³/mol. The quantitative estimate of drug-likeness (QED) is 0.674. The van der Waals surface area contributed by atoms with Gasteiger partial charge in [-0.15, -0.1) is 11.3 Å². The van der Waals surface area contributed by atoms with E-state index in [0.717, 1.165) is 51.3 Å². The molecule has 0 saturated heterocycles. The predicted octanol–water partition coefficient (Wildman–Crippen LogP) is 3.93.